The van der Waals surface area contributed by atoms with Gasteiger partial charge in [-0.05, 0) is 42.8 Å². The third-order valence-corrected chi connectivity index (χ3v) is 8.87. The van der Waals surface area contributed by atoms with E-state index in [2.05, 4.69) is 0 Å². The third kappa shape index (κ3) is 3.91. The minimum Gasteiger partial charge on any atom is -0.223 e. The molecule has 0 bridgehead atoms. The molecule has 1 aliphatic heterocycles. The van der Waals surface area contributed by atoms with Gasteiger partial charge in [0, 0.05) is 18.1 Å². The average molecular weight is 454 g/mol. The molecule has 0 aromatic heterocycles. The number of halogens is 4. The van der Waals surface area contributed by atoms with Crippen LogP contribution in [0.2, 0.25) is 5.02 Å². The summed E-state index contributed by atoms with van der Waals surface area (Å²) in [7, 11) is -8.36. The maximum absolute atomic E-state index is 13.2. The fourth-order valence-electron chi connectivity index (χ4n) is 3.05. The Balaban J connectivity index is 1.91. The molecule has 0 spiro atoms. The van der Waals surface area contributed by atoms with Crippen molar-refractivity contribution in [3.63, 3.8) is 0 Å². The highest BCUT2D eigenvalue weighted by Gasteiger charge is 2.43. The van der Waals surface area contributed by atoms with E-state index >= 15 is 0 Å². The standard InChI is InChI=1S/C17H15ClF3NO4S2/c18-12-5-7-13(8-6-12)27(23,24)14-9-10-22(11-14)28(25,26)16-4-2-1-3-15(16)17(19,20)21/h1-8,14H,9-11H2. The van der Waals surface area contributed by atoms with Gasteiger partial charge in [-0.25, -0.2) is 16.8 Å². The molecule has 5 nitrogen and oxygen atoms in total. The second kappa shape index (κ2) is 7.33. The van der Waals surface area contributed by atoms with E-state index in [0.717, 1.165) is 16.4 Å². The fourth-order valence-corrected chi connectivity index (χ4v) is 6.68. The van der Waals surface area contributed by atoms with E-state index in [9.17, 15) is 30.0 Å². The second-order valence-electron chi connectivity index (χ2n) is 6.27. The van der Waals surface area contributed by atoms with Gasteiger partial charge in [0.2, 0.25) is 10.0 Å². The molecule has 1 heterocycles. The van der Waals surface area contributed by atoms with Crippen LogP contribution in [0.25, 0.3) is 0 Å². The largest absolute Gasteiger partial charge is 0.417 e. The van der Waals surface area contributed by atoms with Crippen LogP contribution in [0.4, 0.5) is 13.2 Å². The second-order valence-corrected chi connectivity index (χ2v) is 10.8. The monoisotopic (exact) mass is 453 g/mol. The topological polar surface area (TPSA) is 71.5 Å². The molecule has 1 saturated heterocycles. The maximum atomic E-state index is 13.2. The van der Waals surface area contributed by atoms with E-state index in [-0.39, 0.29) is 17.9 Å². The highest BCUT2D eigenvalue weighted by Crippen LogP contribution is 2.36. The lowest BCUT2D eigenvalue weighted by molar-refractivity contribution is -0.139. The summed E-state index contributed by atoms with van der Waals surface area (Å²) in [6.45, 7) is -0.606. The minimum absolute atomic E-state index is 0.0155. The number of sulfone groups is 1. The first-order valence-corrected chi connectivity index (χ1v) is 11.5. The fraction of sp³-hybridized carbons (Fsp3) is 0.294. The van der Waals surface area contributed by atoms with E-state index in [1.54, 1.807) is 0 Å². The van der Waals surface area contributed by atoms with Gasteiger partial charge in [0.05, 0.1) is 20.6 Å². The Labute approximate surface area is 165 Å². The van der Waals surface area contributed by atoms with Gasteiger partial charge in [0.1, 0.15) is 0 Å². The van der Waals surface area contributed by atoms with Gasteiger partial charge < -0.3 is 0 Å². The Hall–Kier alpha value is -1.62. The van der Waals surface area contributed by atoms with Crippen LogP contribution >= 0.6 is 11.6 Å². The van der Waals surface area contributed by atoms with Crippen LogP contribution in [0, 0.1) is 0 Å². The molecule has 28 heavy (non-hydrogen) atoms. The average Bonchev–Trinajstić information content (AvgIpc) is 3.13. The molecule has 0 N–H and O–H groups in total. The van der Waals surface area contributed by atoms with Crippen molar-refractivity contribution < 1.29 is 30.0 Å². The number of nitrogens with zero attached hydrogens (tertiary/aromatic N) is 1. The van der Waals surface area contributed by atoms with Gasteiger partial charge in [0.15, 0.2) is 9.84 Å². The molecule has 152 valence electrons. The lowest BCUT2D eigenvalue weighted by Crippen LogP contribution is -2.33. The quantitative estimate of drug-likeness (QED) is 0.709. The highest BCUT2D eigenvalue weighted by atomic mass is 35.5. The molecule has 0 radical (unpaired) electrons. The van der Waals surface area contributed by atoms with E-state index in [1.165, 1.54) is 30.3 Å². The van der Waals surface area contributed by atoms with Gasteiger partial charge in [0.25, 0.3) is 0 Å². The summed E-state index contributed by atoms with van der Waals surface area (Å²) in [4.78, 5) is -0.899. The van der Waals surface area contributed by atoms with Crippen LogP contribution in [0.3, 0.4) is 0 Å². The van der Waals surface area contributed by atoms with E-state index in [0.29, 0.717) is 11.1 Å². The summed E-state index contributed by atoms with van der Waals surface area (Å²) >= 11 is 5.75. The number of hydrogen-bond donors (Lipinski definition) is 0. The highest BCUT2D eigenvalue weighted by molar-refractivity contribution is 7.92. The van der Waals surface area contributed by atoms with Crippen molar-refractivity contribution in [2.45, 2.75) is 27.6 Å². The van der Waals surface area contributed by atoms with Crippen LogP contribution in [0.1, 0.15) is 12.0 Å². The molecule has 0 saturated carbocycles. The zero-order valence-electron chi connectivity index (χ0n) is 14.2. The molecular formula is C17H15ClF3NO4S2. The molecule has 1 unspecified atom stereocenters. The molecule has 1 fully saturated rings. The van der Waals surface area contributed by atoms with Crippen LogP contribution in [-0.4, -0.2) is 39.5 Å². The Bertz CT molecular complexity index is 1080. The van der Waals surface area contributed by atoms with Crippen LogP contribution in [0.5, 0.6) is 0 Å². The Kier molecular flexibility index (Phi) is 5.52. The van der Waals surface area contributed by atoms with Gasteiger partial charge in [-0.1, -0.05) is 23.7 Å². The summed E-state index contributed by atoms with van der Waals surface area (Å²) in [5.41, 5.74) is -1.28. The molecule has 3 rings (SSSR count). The number of alkyl halides is 3. The van der Waals surface area contributed by atoms with Gasteiger partial charge >= 0.3 is 6.18 Å². The van der Waals surface area contributed by atoms with Crippen molar-refractivity contribution in [3.05, 3.63) is 59.1 Å². The molecule has 0 amide bonds. The SMILES string of the molecule is O=S(=O)(c1ccc(Cl)cc1)C1CCN(S(=O)(=O)c2ccccc2C(F)(F)F)C1. The molecular weight excluding hydrogens is 439 g/mol. The number of rotatable bonds is 4. The zero-order chi connectivity index (χ0) is 20.7. The van der Waals surface area contributed by atoms with Gasteiger partial charge in [-0.2, -0.15) is 17.5 Å². The van der Waals surface area contributed by atoms with Gasteiger partial charge in [-0.15, -0.1) is 0 Å². The maximum Gasteiger partial charge on any atom is 0.417 e. The summed E-state index contributed by atoms with van der Waals surface area (Å²) in [6.07, 6.45) is -4.86. The summed E-state index contributed by atoms with van der Waals surface area (Å²) in [5.74, 6) is 0. The molecule has 0 aliphatic carbocycles. The van der Waals surface area contributed by atoms with E-state index < -0.39 is 48.3 Å². The first kappa shape index (κ1) is 21.1. The Morgan fingerprint density at radius 2 is 1.57 bits per heavy atom. The normalized spacial score (nSPS) is 19.1. The molecule has 2 aromatic carbocycles. The third-order valence-electron chi connectivity index (χ3n) is 4.50. The van der Waals surface area contributed by atoms with Crippen LogP contribution < -0.4 is 0 Å². The summed E-state index contributed by atoms with van der Waals surface area (Å²) < 4.78 is 91.4. The molecule has 2 aromatic rings. The Morgan fingerprint density at radius 3 is 2.18 bits per heavy atom. The Morgan fingerprint density at radius 1 is 0.964 bits per heavy atom. The molecule has 11 heteroatoms. The number of sulfonamides is 1. The van der Waals surface area contributed by atoms with Crippen molar-refractivity contribution in [1.29, 1.82) is 0 Å². The zero-order valence-corrected chi connectivity index (χ0v) is 16.6. The van der Waals surface area contributed by atoms with Crippen molar-refractivity contribution in [2.75, 3.05) is 13.1 Å². The van der Waals surface area contributed by atoms with Crippen LogP contribution in [0.15, 0.2) is 58.3 Å². The summed E-state index contributed by atoms with van der Waals surface area (Å²) in [5, 5.41) is -0.708. The van der Waals surface area contributed by atoms with E-state index in [1.807, 2.05) is 0 Å². The first-order chi connectivity index (χ1) is 12.9. The lowest BCUT2D eigenvalue weighted by Gasteiger charge is -2.20. The van der Waals surface area contributed by atoms with Gasteiger partial charge in [-0.3, -0.25) is 0 Å². The first-order valence-electron chi connectivity index (χ1n) is 8.10. The smallest absolute Gasteiger partial charge is 0.223 e. The van der Waals surface area contributed by atoms with Crippen molar-refractivity contribution in [1.82, 2.24) is 4.31 Å². The predicted octanol–water partition coefficient (Wildman–Crippen LogP) is 3.60. The van der Waals surface area contributed by atoms with Crippen molar-refractivity contribution >= 4 is 31.5 Å². The van der Waals surface area contributed by atoms with Crippen molar-refractivity contribution in [3.8, 4) is 0 Å². The molecule has 1 aliphatic rings. The lowest BCUT2D eigenvalue weighted by atomic mass is 10.2. The number of hydrogen-bond acceptors (Lipinski definition) is 4. The summed E-state index contributed by atoms with van der Waals surface area (Å²) in [6, 6.07) is 9.28. The number of benzene rings is 2. The predicted molar refractivity (Wildman–Crippen MR) is 97.2 cm³/mol. The van der Waals surface area contributed by atoms with Crippen LogP contribution in [-0.2, 0) is 26.0 Å². The van der Waals surface area contributed by atoms with Crippen molar-refractivity contribution in [2.24, 2.45) is 0 Å². The minimum atomic E-state index is -4.85. The molecule has 1 atom stereocenters. The van der Waals surface area contributed by atoms with E-state index in [4.69, 9.17) is 11.6 Å².